The number of halogens is 1. The van der Waals surface area contributed by atoms with E-state index in [2.05, 4.69) is 10.1 Å². The Hall–Kier alpha value is -2.73. The van der Waals surface area contributed by atoms with E-state index in [-0.39, 0.29) is 16.5 Å². The highest BCUT2D eigenvalue weighted by atomic mass is 35.5. The number of benzene rings is 1. The summed E-state index contributed by atoms with van der Waals surface area (Å²) in [6, 6.07) is 13.7. The van der Waals surface area contributed by atoms with Gasteiger partial charge in [0.25, 0.3) is 5.69 Å². The van der Waals surface area contributed by atoms with E-state index in [4.69, 9.17) is 11.6 Å². The second-order valence-electron chi connectivity index (χ2n) is 4.22. The fourth-order valence-corrected chi connectivity index (χ4v) is 2.17. The van der Waals surface area contributed by atoms with Gasteiger partial charge in [-0.15, -0.1) is 0 Å². The summed E-state index contributed by atoms with van der Waals surface area (Å²) in [4.78, 5) is 14.8. The molecule has 0 saturated heterocycles. The number of aromatic nitrogens is 3. The Bertz CT molecular complexity index is 802. The molecule has 0 aliphatic heterocycles. The smallest absolute Gasteiger partial charge is 0.258 e. The molecular formula is C14H9ClN4O2. The first kappa shape index (κ1) is 13.3. The van der Waals surface area contributed by atoms with Crippen LogP contribution in [0.5, 0.6) is 0 Å². The van der Waals surface area contributed by atoms with Crippen molar-refractivity contribution in [1.29, 1.82) is 0 Å². The minimum atomic E-state index is -0.485. The molecule has 0 spiro atoms. The molecular weight excluding hydrogens is 292 g/mol. The highest BCUT2D eigenvalue weighted by Crippen LogP contribution is 2.30. The second kappa shape index (κ2) is 5.34. The van der Waals surface area contributed by atoms with Crippen molar-refractivity contribution >= 4 is 17.3 Å². The molecule has 2 aromatic heterocycles. The van der Waals surface area contributed by atoms with Gasteiger partial charge in [0, 0.05) is 6.07 Å². The summed E-state index contributed by atoms with van der Waals surface area (Å²) < 4.78 is 1.59. The van der Waals surface area contributed by atoms with Crippen molar-refractivity contribution in [2.75, 3.05) is 0 Å². The summed E-state index contributed by atoms with van der Waals surface area (Å²) in [5.41, 5.74) is 1.37. The van der Waals surface area contributed by atoms with Crippen LogP contribution in [0, 0.1) is 10.1 Å². The van der Waals surface area contributed by atoms with Crippen LogP contribution in [0.15, 0.2) is 54.7 Å². The molecule has 3 rings (SSSR count). The second-order valence-corrected chi connectivity index (χ2v) is 4.61. The zero-order valence-electron chi connectivity index (χ0n) is 10.7. The maximum absolute atomic E-state index is 11.2. The van der Waals surface area contributed by atoms with E-state index in [1.54, 1.807) is 16.9 Å². The Labute approximate surface area is 124 Å². The summed E-state index contributed by atoms with van der Waals surface area (Å²) in [5.74, 6) is 0. The van der Waals surface area contributed by atoms with Gasteiger partial charge in [0.1, 0.15) is 5.15 Å². The maximum atomic E-state index is 11.2. The Morgan fingerprint density at radius 2 is 1.86 bits per heavy atom. The van der Waals surface area contributed by atoms with Crippen LogP contribution >= 0.6 is 11.6 Å². The predicted molar refractivity (Wildman–Crippen MR) is 78.5 cm³/mol. The molecule has 0 radical (unpaired) electrons. The average molecular weight is 301 g/mol. The number of nitro groups is 1. The number of hydrogen-bond donors (Lipinski definition) is 0. The highest BCUT2D eigenvalue weighted by Gasteiger charge is 2.21. The molecule has 0 amide bonds. The van der Waals surface area contributed by atoms with Crippen molar-refractivity contribution in [3.8, 4) is 17.1 Å². The summed E-state index contributed by atoms with van der Waals surface area (Å²) >= 11 is 5.87. The van der Waals surface area contributed by atoms with Gasteiger partial charge in [0.05, 0.1) is 22.5 Å². The standard InChI is InChI=1S/C14H9ClN4O2/c15-13-7-6-12(19(20)21)14(17-13)11-8-9-16-18(11)10-4-2-1-3-5-10/h1-9H. The van der Waals surface area contributed by atoms with Gasteiger partial charge in [-0.25, -0.2) is 9.67 Å². The Morgan fingerprint density at radius 1 is 1.10 bits per heavy atom. The topological polar surface area (TPSA) is 73.8 Å². The van der Waals surface area contributed by atoms with Crippen LogP contribution < -0.4 is 0 Å². The molecule has 21 heavy (non-hydrogen) atoms. The van der Waals surface area contributed by atoms with Crippen LogP contribution in [-0.2, 0) is 0 Å². The monoisotopic (exact) mass is 300 g/mol. The Morgan fingerprint density at radius 3 is 2.57 bits per heavy atom. The zero-order chi connectivity index (χ0) is 14.8. The van der Waals surface area contributed by atoms with Crippen molar-refractivity contribution in [1.82, 2.24) is 14.8 Å². The number of hydrogen-bond acceptors (Lipinski definition) is 4. The Balaban J connectivity index is 2.21. The first-order chi connectivity index (χ1) is 10.2. The maximum Gasteiger partial charge on any atom is 0.297 e. The predicted octanol–water partition coefficient (Wildman–Crippen LogP) is 3.50. The van der Waals surface area contributed by atoms with Gasteiger partial charge >= 0.3 is 0 Å². The molecule has 0 fully saturated rings. The molecule has 0 saturated carbocycles. The van der Waals surface area contributed by atoms with Crippen molar-refractivity contribution in [2.24, 2.45) is 0 Å². The van der Waals surface area contributed by atoms with E-state index in [1.807, 2.05) is 30.3 Å². The summed E-state index contributed by atoms with van der Waals surface area (Å²) in [6.07, 6.45) is 1.56. The van der Waals surface area contributed by atoms with Crippen molar-refractivity contribution in [2.45, 2.75) is 0 Å². The van der Waals surface area contributed by atoms with Gasteiger partial charge < -0.3 is 0 Å². The molecule has 3 aromatic rings. The largest absolute Gasteiger partial charge is 0.297 e. The van der Waals surface area contributed by atoms with Crippen LogP contribution in [0.2, 0.25) is 5.15 Å². The number of para-hydroxylation sites is 1. The minimum absolute atomic E-state index is 0.114. The lowest BCUT2D eigenvalue weighted by atomic mass is 10.2. The lowest BCUT2D eigenvalue weighted by Crippen LogP contribution is -2.02. The van der Waals surface area contributed by atoms with Gasteiger partial charge in [0.15, 0.2) is 5.69 Å². The Kier molecular flexibility index (Phi) is 3.37. The van der Waals surface area contributed by atoms with E-state index < -0.39 is 4.92 Å². The van der Waals surface area contributed by atoms with Gasteiger partial charge in [0.2, 0.25) is 0 Å². The third-order valence-corrected chi connectivity index (χ3v) is 3.13. The summed E-state index contributed by atoms with van der Waals surface area (Å²) in [6.45, 7) is 0. The first-order valence-electron chi connectivity index (χ1n) is 6.07. The SMILES string of the molecule is O=[N+]([O-])c1ccc(Cl)nc1-c1ccnn1-c1ccccc1. The van der Waals surface area contributed by atoms with Crippen LogP contribution in [-0.4, -0.2) is 19.7 Å². The molecule has 0 bridgehead atoms. The average Bonchev–Trinajstić information content (AvgIpc) is 2.97. The number of nitrogens with zero attached hydrogens (tertiary/aromatic N) is 4. The molecule has 1 aromatic carbocycles. The number of rotatable bonds is 3. The quantitative estimate of drug-likeness (QED) is 0.421. The van der Waals surface area contributed by atoms with E-state index in [9.17, 15) is 10.1 Å². The van der Waals surface area contributed by atoms with Gasteiger partial charge in [-0.1, -0.05) is 29.8 Å². The lowest BCUT2D eigenvalue weighted by molar-refractivity contribution is -0.384. The van der Waals surface area contributed by atoms with E-state index >= 15 is 0 Å². The van der Waals surface area contributed by atoms with Gasteiger partial charge in [-0.2, -0.15) is 5.10 Å². The fraction of sp³-hybridized carbons (Fsp3) is 0. The van der Waals surface area contributed by atoms with E-state index in [0.717, 1.165) is 5.69 Å². The van der Waals surface area contributed by atoms with Gasteiger partial charge in [-0.05, 0) is 24.3 Å². The van der Waals surface area contributed by atoms with Crippen LogP contribution in [0.4, 0.5) is 5.69 Å². The molecule has 0 unspecified atom stereocenters. The molecule has 0 atom stereocenters. The zero-order valence-corrected chi connectivity index (χ0v) is 11.4. The van der Waals surface area contributed by atoms with Crippen molar-refractivity contribution in [3.05, 3.63) is 70.0 Å². The number of pyridine rings is 1. The third kappa shape index (κ3) is 2.48. The first-order valence-corrected chi connectivity index (χ1v) is 6.45. The molecule has 6 nitrogen and oxygen atoms in total. The van der Waals surface area contributed by atoms with Crippen molar-refractivity contribution < 1.29 is 4.92 Å². The molecule has 7 heteroatoms. The van der Waals surface area contributed by atoms with E-state index in [1.165, 1.54) is 12.1 Å². The molecule has 0 aliphatic rings. The normalized spacial score (nSPS) is 10.5. The lowest BCUT2D eigenvalue weighted by Gasteiger charge is -2.07. The van der Waals surface area contributed by atoms with E-state index in [0.29, 0.717) is 5.69 Å². The van der Waals surface area contributed by atoms with Crippen molar-refractivity contribution in [3.63, 3.8) is 0 Å². The summed E-state index contributed by atoms with van der Waals surface area (Å²) in [7, 11) is 0. The van der Waals surface area contributed by atoms with Crippen LogP contribution in [0.25, 0.3) is 17.1 Å². The molecule has 0 aliphatic carbocycles. The fourth-order valence-electron chi connectivity index (χ4n) is 2.02. The molecule has 2 heterocycles. The van der Waals surface area contributed by atoms with Crippen LogP contribution in [0.1, 0.15) is 0 Å². The molecule has 0 N–H and O–H groups in total. The summed E-state index contributed by atoms with van der Waals surface area (Å²) in [5, 5.41) is 15.6. The highest BCUT2D eigenvalue weighted by molar-refractivity contribution is 6.29. The molecule has 104 valence electrons. The minimum Gasteiger partial charge on any atom is -0.258 e. The van der Waals surface area contributed by atoms with Crippen LogP contribution in [0.3, 0.4) is 0 Å². The van der Waals surface area contributed by atoms with Gasteiger partial charge in [-0.3, -0.25) is 10.1 Å². The third-order valence-electron chi connectivity index (χ3n) is 2.92.